The van der Waals surface area contributed by atoms with E-state index in [1.54, 1.807) is 19.1 Å². The highest BCUT2D eigenvalue weighted by atomic mass is 32.2. The highest BCUT2D eigenvalue weighted by Gasteiger charge is 2.23. The summed E-state index contributed by atoms with van der Waals surface area (Å²) in [6.45, 7) is 1.58. The summed E-state index contributed by atoms with van der Waals surface area (Å²) in [5.41, 5.74) is 2.64. The summed E-state index contributed by atoms with van der Waals surface area (Å²) in [7, 11) is -3.36. The van der Waals surface area contributed by atoms with Gasteiger partial charge in [0.1, 0.15) is 4.88 Å². The molecule has 0 spiro atoms. The fourth-order valence-corrected chi connectivity index (χ4v) is 5.55. The molecule has 0 unspecified atom stereocenters. The van der Waals surface area contributed by atoms with Crippen molar-refractivity contribution in [2.24, 2.45) is 0 Å². The molecule has 3 aromatic rings. The van der Waals surface area contributed by atoms with Crippen molar-refractivity contribution in [2.45, 2.75) is 31.1 Å². The second-order valence-corrected chi connectivity index (χ2v) is 11.1. The number of ketones is 1. The third-order valence-corrected chi connectivity index (χ3v) is 8.14. The lowest BCUT2D eigenvalue weighted by Crippen LogP contribution is -2.14. The molecule has 4 rings (SSSR count). The number of hydrogen-bond acceptors (Lipinski definition) is 6. The van der Waals surface area contributed by atoms with E-state index in [4.69, 9.17) is 0 Å². The molecule has 2 aromatic carbocycles. The van der Waals surface area contributed by atoms with Gasteiger partial charge in [0.25, 0.3) is 0 Å². The van der Waals surface area contributed by atoms with Gasteiger partial charge in [-0.25, -0.2) is 13.4 Å². The molecule has 0 saturated carbocycles. The molecule has 0 atom stereocenters. The third kappa shape index (κ3) is 5.40. The Balaban J connectivity index is 1.59. The first-order valence-corrected chi connectivity index (χ1v) is 13.4. The van der Waals surface area contributed by atoms with Gasteiger partial charge in [-0.3, -0.25) is 9.59 Å². The molecule has 1 aliphatic carbocycles. The van der Waals surface area contributed by atoms with Gasteiger partial charge in [0, 0.05) is 11.1 Å². The third-order valence-electron chi connectivity index (χ3n) is 5.43. The molecular formula is C26H24N2O4S2. The summed E-state index contributed by atoms with van der Waals surface area (Å²) in [4.78, 5) is 31.2. The van der Waals surface area contributed by atoms with E-state index in [0.29, 0.717) is 27.7 Å². The zero-order chi connectivity index (χ0) is 24.1. The van der Waals surface area contributed by atoms with Gasteiger partial charge in [0.05, 0.1) is 22.8 Å². The fourth-order valence-electron chi connectivity index (χ4n) is 3.62. The van der Waals surface area contributed by atoms with Crippen molar-refractivity contribution in [3.8, 4) is 11.3 Å². The van der Waals surface area contributed by atoms with Crippen LogP contribution in [0.5, 0.6) is 0 Å². The number of carbonyl (C=O) groups is 2. The first-order valence-electron chi connectivity index (χ1n) is 11.0. The Morgan fingerprint density at radius 1 is 1.09 bits per heavy atom. The number of thiazole rings is 1. The van der Waals surface area contributed by atoms with Crippen LogP contribution in [0.4, 0.5) is 5.13 Å². The predicted octanol–water partition coefficient (Wildman–Crippen LogP) is 5.24. The van der Waals surface area contributed by atoms with Crippen LogP contribution >= 0.6 is 11.3 Å². The number of nitrogens with one attached hydrogen (secondary N) is 1. The molecule has 0 fully saturated rings. The topological polar surface area (TPSA) is 93.2 Å². The Bertz CT molecular complexity index is 1390. The minimum Gasteiger partial charge on any atom is -0.302 e. The van der Waals surface area contributed by atoms with Gasteiger partial charge in [-0.2, -0.15) is 0 Å². The summed E-state index contributed by atoms with van der Waals surface area (Å²) in [5, 5.41) is 3.11. The first kappa shape index (κ1) is 23.8. The molecule has 1 N–H and O–H groups in total. The van der Waals surface area contributed by atoms with Crippen LogP contribution in [0.2, 0.25) is 0 Å². The normalized spacial score (nSPS) is 13.4. The number of hydrogen-bond donors (Lipinski definition) is 1. The number of aromatic nitrogens is 1. The smallest absolute Gasteiger partial charge is 0.230 e. The number of Topliss-reactive ketones (excluding diaryl/α,β-unsaturated/α-hetero) is 1. The van der Waals surface area contributed by atoms with Crippen LogP contribution in [-0.4, -0.2) is 30.8 Å². The fraction of sp³-hybridized carbons (Fsp3) is 0.192. The van der Waals surface area contributed by atoms with Crippen LogP contribution in [0.25, 0.3) is 11.3 Å². The lowest BCUT2D eigenvalue weighted by Gasteiger charge is -2.07. The first-order chi connectivity index (χ1) is 16.4. The Morgan fingerprint density at radius 2 is 1.88 bits per heavy atom. The zero-order valence-corrected chi connectivity index (χ0v) is 20.3. The molecule has 1 aliphatic rings. The Labute approximate surface area is 203 Å². The van der Waals surface area contributed by atoms with Crippen LogP contribution in [0.1, 0.15) is 35.0 Å². The van der Waals surface area contributed by atoms with E-state index in [2.05, 4.69) is 10.3 Å². The van der Waals surface area contributed by atoms with Gasteiger partial charge in [0.15, 0.2) is 15.0 Å². The molecule has 8 heteroatoms. The van der Waals surface area contributed by atoms with Crippen molar-refractivity contribution in [3.05, 3.63) is 88.8 Å². The molecule has 1 amide bonds. The Hall–Kier alpha value is -3.36. The molecule has 0 saturated heterocycles. The van der Waals surface area contributed by atoms with Gasteiger partial charge in [0.2, 0.25) is 11.7 Å². The number of sulfone groups is 1. The number of carbonyl (C=O) groups excluding carboxylic acids is 2. The average Bonchev–Trinajstić information content (AvgIpc) is 3.28. The van der Waals surface area contributed by atoms with Crippen molar-refractivity contribution in [1.29, 1.82) is 0 Å². The molecule has 6 nitrogen and oxygen atoms in total. The summed E-state index contributed by atoms with van der Waals surface area (Å²) in [5.74, 6) is -0.426. The van der Waals surface area contributed by atoms with E-state index >= 15 is 0 Å². The van der Waals surface area contributed by atoms with Gasteiger partial charge in [-0.1, -0.05) is 79.0 Å². The largest absolute Gasteiger partial charge is 0.302 e. The molecule has 1 aromatic heterocycles. The lowest BCUT2D eigenvalue weighted by molar-refractivity contribution is -0.115. The maximum absolute atomic E-state index is 13.2. The molecule has 0 aliphatic heterocycles. The molecular weight excluding hydrogens is 468 g/mol. The van der Waals surface area contributed by atoms with Crippen LogP contribution in [-0.2, 0) is 21.1 Å². The molecule has 174 valence electrons. The maximum atomic E-state index is 13.2. The Kier molecular flexibility index (Phi) is 7.19. The highest BCUT2D eigenvalue weighted by Crippen LogP contribution is 2.34. The number of anilines is 1. The van der Waals surface area contributed by atoms with Gasteiger partial charge in [-0.15, -0.1) is 0 Å². The van der Waals surface area contributed by atoms with Crippen LogP contribution in [0.15, 0.2) is 83.3 Å². The highest BCUT2D eigenvalue weighted by molar-refractivity contribution is 7.91. The van der Waals surface area contributed by atoms with Gasteiger partial charge >= 0.3 is 0 Å². The van der Waals surface area contributed by atoms with E-state index in [-0.39, 0.29) is 28.8 Å². The number of rotatable bonds is 8. The van der Waals surface area contributed by atoms with Crippen molar-refractivity contribution < 1.29 is 18.0 Å². The molecule has 34 heavy (non-hydrogen) atoms. The number of amides is 1. The summed E-state index contributed by atoms with van der Waals surface area (Å²) >= 11 is 1.15. The minimum atomic E-state index is -3.36. The van der Waals surface area contributed by atoms with Crippen molar-refractivity contribution >= 4 is 38.0 Å². The van der Waals surface area contributed by atoms with Crippen molar-refractivity contribution in [3.63, 3.8) is 0 Å². The number of benzene rings is 2. The van der Waals surface area contributed by atoms with E-state index in [1.165, 1.54) is 12.1 Å². The van der Waals surface area contributed by atoms with Crippen molar-refractivity contribution in [1.82, 2.24) is 4.98 Å². The average molecular weight is 493 g/mol. The molecule has 0 bridgehead atoms. The second-order valence-electron chi connectivity index (χ2n) is 7.83. The second kappa shape index (κ2) is 10.3. The SMILES string of the molecule is CCS(=O)(=O)c1cccc(CC(=O)Nc2nc(-c3ccccc3)c(C(=O)C3=CC=CCC3)s2)c1. The van der Waals surface area contributed by atoms with E-state index in [0.717, 1.165) is 28.9 Å². The summed E-state index contributed by atoms with van der Waals surface area (Å²) in [6, 6.07) is 15.8. The Morgan fingerprint density at radius 3 is 2.59 bits per heavy atom. The zero-order valence-electron chi connectivity index (χ0n) is 18.7. The number of allylic oxidation sites excluding steroid dienone is 4. The van der Waals surface area contributed by atoms with Gasteiger partial charge in [-0.05, 0) is 30.5 Å². The molecule has 1 heterocycles. The van der Waals surface area contributed by atoms with Gasteiger partial charge < -0.3 is 5.32 Å². The van der Waals surface area contributed by atoms with E-state index < -0.39 is 9.84 Å². The van der Waals surface area contributed by atoms with E-state index in [9.17, 15) is 18.0 Å². The lowest BCUT2D eigenvalue weighted by atomic mass is 9.98. The minimum absolute atomic E-state index is 0.00689. The summed E-state index contributed by atoms with van der Waals surface area (Å²) < 4.78 is 24.3. The van der Waals surface area contributed by atoms with Crippen LogP contribution in [0.3, 0.4) is 0 Å². The van der Waals surface area contributed by atoms with E-state index in [1.807, 2.05) is 48.6 Å². The standard InChI is InChI=1S/C26H24N2O4S2/c1-2-34(31,32)21-15-9-10-18(16-21)17-22(29)27-26-28-23(19-11-5-3-6-12-19)25(33-26)24(30)20-13-7-4-8-14-20/h3-7,9-13,15-16H,2,8,14,17H2,1H3,(H,27,28,29). The molecule has 0 radical (unpaired) electrons. The predicted molar refractivity (Wildman–Crippen MR) is 135 cm³/mol. The maximum Gasteiger partial charge on any atom is 0.230 e. The van der Waals surface area contributed by atoms with Crippen LogP contribution < -0.4 is 5.32 Å². The summed E-state index contributed by atoms with van der Waals surface area (Å²) in [6.07, 6.45) is 7.21. The number of nitrogens with zero attached hydrogens (tertiary/aromatic N) is 1. The quantitative estimate of drug-likeness (QED) is 0.434. The monoisotopic (exact) mass is 492 g/mol. The van der Waals surface area contributed by atoms with Crippen LogP contribution in [0, 0.1) is 0 Å². The van der Waals surface area contributed by atoms with Crippen molar-refractivity contribution in [2.75, 3.05) is 11.1 Å².